The van der Waals surface area contributed by atoms with Gasteiger partial charge < -0.3 is 5.11 Å². The van der Waals surface area contributed by atoms with Crippen molar-refractivity contribution < 1.29 is 18.3 Å². The third kappa shape index (κ3) is 3.15. The van der Waals surface area contributed by atoms with E-state index < -0.39 is 17.3 Å². The summed E-state index contributed by atoms with van der Waals surface area (Å²) >= 11 is 3.90. The van der Waals surface area contributed by atoms with Gasteiger partial charge in [-0.25, -0.2) is 4.98 Å². The molecule has 102 valence electrons. The molecule has 8 heteroatoms. The normalized spacial score (nSPS) is 27.2. The van der Waals surface area contributed by atoms with Gasteiger partial charge in [-0.3, -0.25) is 0 Å². The number of rotatable bonds is 2. The van der Waals surface area contributed by atoms with Crippen molar-refractivity contribution in [2.45, 2.75) is 29.7 Å². The number of halogens is 3. The van der Waals surface area contributed by atoms with Crippen LogP contribution in [-0.4, -0.2) is 32.1 Å². The highest BCUT2D eigenvalue weighted by atomic mass is 32.2. The van der Waals surface area contributed by atoms with Gasteiger partial charge in [-0.05, 0) is 0 Å². The highest BCUT2D eigenvalue weighted by Gasteiger charge is 2.37. The Morgan fingerprint density at radius 2 is 2.06 bits per heavy atom. The topological polar surface area (TPSA) is 33.1 Å². The van der Waals surface area contributed by atoms with Crippen molar-refractivity contribution in [1.29, 1.82) is 0 Å². The minimum Gasteiger partial charge on any atom is -0.386 e. The number of alkyl halides is 3. The van der Waals surface area contributed by atoms with Crippen LogP contribution in [0.5, 0.6) is 0 Å². The number of aliphatic hydroxyl groups is 1. The van der Waals surface area contributed by atoms with Gasteiger partial charge in [0.25, 0.3) is 0 Å². The molecule has 2 rings (SSSR count). The lowest BCUT2D eigenvalue weighted by Gasteiger charge is -2.30. The van der Waals surface area contributed by atoms with Crippen molar-refractivity contribution in [2.75, 3.05) is 11.5 Å². The Kier molecular flexibility index (Phi) is 4.51. The Morgan fingerprint density at radius 1 is 1.39 bits per heavy atom. The van der Waals surface area contributed by atoms with Gasteiger partial charge in [0.05, 0.1) is 4.88 Å². The van der Waals surface area contributed by atoms with Crippen molar-refractivity contribution in [1.82, 2.24) is 4.98 Å². The Morgan fingerprint density at radius 3 is 2.61 bits per heavy atom. The molecule has 0 aliphatic carbocycles. The maximum absolute atomic E-state index is 12.4. The molecule has 2 nitrogen and oxygen atoms in total. The van der Waals surface area contributed by atoms with E-state index in [0.29, 0.717) is 16.2 Å². The van der Waals surface area contributed by atoms with Crippen LogP contribution in [0.3, 0.4) is 0 Å². The zero-order valence-electron chi connectivity index (χ0n) is 9.48. The summed E-state index contributed by atoms with van der Waals surface area (Å²) in [5.74, 6) is 1.94. The minimum atomic E-state index is -4.43. The average molecular weight is 315 g/mol. The average Bonchev–Trinajstić information content (AvgIpc) is 2.77. The molecule has 0 spiro atoms. The van der Waals surface area contributed by atoms with Crippen molar-refractivity contribution in [3.05, 3.63) is 16.1 Å². The third-order valence-electron chi connectivity index (χ3n) is 2.61. The van der Waals surface area contributed by atoms with Gasteiger partial charge in [0.1, 0.15) is 6.10 Å². The second-order valence-corrected chi connectivity index (χ2v) is 7.75. The highest BCUT2D eigenvalue weighted by Crippen LogP contribution is 2.41. The second kappa shape index (κ2) is 5.60. The van der Waals surface area contributed by atoms with Crippen LogP contribution < -0.4 is 0 Å². The van der Waals surface area contributed by atoms with Gasteiger partial charge >= 0.3 is 6.18 Å². The van der Waals surface area contributed by atoms with Crippen LogP contribution in [0.25, 0.3) is 0 Å². The molecule has 0 radical (unpaired) electrons. The van der Waals surface area contributed by atoms with E-state index in [9.17, 15) is 18.3 Å². The monoisotopic (exact) mass is 315 g/mol. The number of hydrogen-bond acceptors (Lipinski definition) is 5. The molecule has 0 bridgehead atoms. The first-order chi connectivity index (χ1) is 8.39. The maximum atomic E-state index is 12.4. The van der Waals surface area contributed by atoms with Gasteiger partial charge in [-0.1, -0.05) is 6.92 Å². The number of hydrogen-bond donors (Lipinski definition) is 1. The summed E-state index contributed by atoms with van der Waals surface area (Å²) < 4.78 is 37.3. The van der Waals surface area contributed by atoms with E-state index in [4.69, 9.17) is 0 Å². The molecular weight excluding hydrogens is 303 g/mol. The van der Waals surface area contributed by atoms with Crippen LogP contribution >= 0.6 is 34.9 Å². The first kappa shape index (κ1) is 14.5. The molecular formula is C10H12F3NOS3. The molecule has 1 aromatic heterocycles. The smallest absolute Gasteiger partial charge is 0.386 e. The van der Waals surface area contributed by atoms with E-state index in [1.165, 1.54) is 0 Å². The SMILES string of the molecule is CC1SCCSC1C(O)c1cnc(C(F)(F)F)s1. The molecule has 3 unspecified atom stereocenters. The van der Waals surface area contributed by atoms with E-state index in [1.54, 1.807) is 23.5 Å². The molecule has 1 fully saturated rings. The molecule has 0 amide bonds. The largest absolute Gasteiger partial charge is 0.443 e. The molecule has 18 heavy (non-hydrogen) atoms. The number of thiazole rings is 1. The fraction of sp³-hybridized carbons (Fsp3) is 0.700. The molecule has 1 aliphatic heterocycles. The van der Waals surface area contributed by atoms with E-state index in [0.717, 1.165) is 17.7 Å². The van der Waals surface area contributed by atoms with E-state index in [-0.39, 0.29) is 10.5 Å². The van der Waals surface area contributed by atoms with Gasteiger partial charge in [0.2, 0.25) is 0 Å². The second-order valence-electron chi connectivity index (χ2n) is 3.92. The van der Waals surface area contributed by atoms with Crippen LogP contribution in [0, 0.1) is 0 Å². The first-order valence-electron chi connectivity index (χ1n) is 5.34. The van der Waals surface area contributed by atoms with Crippen molar-refractivity contribution >= 4 is 34.9 Å². The summed E-state index contributed by atoms with van der Waals surface area (Å²) in [6.07, 6.45) is -4.15. The van der Waals surface area contributed by atoms with Gasteiger partial charge in [-0.2, -0.15) is 36.7 Å². The highest BCUT2D eigenvalue weighted by molar-refractivity contribution is 8.07. The Labute approximate surface area is 115 Å². The molecule has 1 aromatic rings. The number of aliphatic hydroxyl groups excluding tert-OH is 1. The predicted octanol–water partition coefficient (Wildman–Crippen LogP) is 3.43. The summed E-state index contributed by atoms with van der Waals surface area (Å²) in [6.45, 7) is 2.00. The van der Waals surface area contributed by atoms with E-state index in [2.05, 4.69) is 4.98 Å². The predicted molar refractivity (Wildman–Crippen MR) is 70.2 cm³/mol. The zero-order chi connectivity index (χ0) is 13.3. The Balaban J connectivity index is 2.13. The molecule has 0 aromatic carbocycles. The lowest BCUT2D eigenvalue weighted by molar-refractivity contribution is -0.137. The van der Waals surface area contributed by atoms with Crippen molar-refractivity contribution in [3.63, 3.8) is 0 Å². The van der Waals surface area contributed by atoms with Gasteiger partial charge in [-0.15, -0.1) is 11.3 Å². The summed E-state index contributed by atoms with van der Waals surface area (Å²) in [7, 11) is 0. The van der Waals surface area contributed by atoms with E-state index in [1.807, 2.05) is 6.92 Å². The summed E-state index contributed by atoms with van der Waals surface area (Å²) in [6, 6.07) is 0. The zero-order valence-corrected chi connectivity index (χ0v) is 11.9. The number of nitrogens with zero attached hydrogens (tertiary/aromatic N) is 1. The molecule has 1 aliphatic rings. The maximum Gasteiger partial charge on any atom is 0.443 e. The van der Waals surface area contributed by atoms with Crippen molar-refractivity contribution in [2.24, 2.45) is 0 Å². The molecule has 0 saturated carbocycles. The molecule has 1 N–H and O–H groups in total. The van der Waals surface area contributed by atoms with Crippen LogP contribution in [0.2, 0.25) is 0 Å². The van der Waals surface area contributed by atoms with Crippen LogP contribution in [0.1, 0.15) is 22.9 Å². The molecule has 3 atom stereocenters. The standard InChI is InChI=1S/C10H12F3NOS3/c1-5-8(17-3-2-16-5)7(15)6-4-14-9(18-6)10(11,12)13/h4-5,7-8,15H,2-3H2,1H3. The lowest BCUT2D eigenvalue weighted by Crippen LogP contribution is -2.28. The third-order valence-corrected chi connectivity index (χ3v) is 6.90. The molecule has 1 saturated heterocycles. The summed E-state index contributed by atoms with van der Waals surface area (Å²) in [5, 5.41) is 9.44. The van der Waals surface area contributed by atoms with Gasteiger partial charge in [0, 0.05) is 28.2 Å². The van der Waals surface area contributed by atoms with Crippen LogP contribution in [-0.2, 0) is 6.18 Å². The van der Waals surface area contributed by atoms with Crippen LogP contribution in [0.15, 0.2) is 6.20 Å². The van der Waals surface area contributed by atoms with Crippen molar-refractivity contribution in [3.8, 4) is 0 Å². The quantitative estimate of drug-likeness (QED) is 0.906. The van der Waals surface area contributed by atoms with E-state index >= 15 is 0 Å². The molecule has 2 heterocycles. The number of thioether (sulfide) groups is 2. The minimum absolute atomic E-state index is 0.0646. The summed E-state index contributed by atoms with van der Waals surface area (Å²) in [4.78, 5) is 3.65. The fourth-order valence-electron chi connectivity index (χ4n) is 1.71. The lowest BCUT2D eigenvalue weighted by atomic mass is 10.2. The Bertz CT molecular complexity index is 409. The van der Waals surface area contributed by atoms with Crippen LogP contribution in [0.4, 0.5) is 13.2 Å². The first-order valence-corrected chi connectivity index (χ1v) is 8.25. The van der Waals surface area contributed by atoms with Gasteiger partial charge in [0.15, 0.2) is 5.01 Å². The Hall–Kier alpha value is 0.0800. The summed E-state index contributed by atoms with van der Waals surface area (Å²) in [5.41, 5.74) is 0. The fourth-order valence-corrected chi connectivity index (χ4v) is 5.44. The number of aromatic nitrogens is 1.